The molecular formula is C18H17N3O4. The van der Waals surface area contributed by atoms with Gasteiger partial charge in [0.15, 0.2) is 0 Å². The van der Waals surface area contributed by atoms with Crippen molar-refractivity contribution in [1.29, 1.82) is 0 Å². The molecule has 0 unspecified atom stereocenters. The van der Waals surface area contributed by atoms with Crippen molar-refractivity contribution in [2.45, 2.75) is 19.3 Å². The fourth-order valence-electron chi connectivity index (χ4n) is 2.77. The van der Waals surface area contributed by atoms with Gasteiger partial charge in [-0.1, -0.05) is 12.1 Å². The summed E-state index contributed by atoms with van der Waals surface area (Å²) in [5.41, 5.74) is 2.16. The van der Waals surface area contributed by atoms with E-state index >= 15 is 0 Å². The topological polar surface area (TPSA) is 92.6 Å². The number of nitro benzene ring substituents is 1. The summed E-state index contributed by atoms with van der Waals surface area (Å²) in [6.45, 7) is 0.735. The molecule has 1 heterocycles. The van der Waals surface area contributed by atoms with Gasteiger partial charge in [0.2, 0.25) is 11.8 Å². The van der Waals surface area contributed by atoms with E-state index in [0.717, 1.165) is 24.2 Å². The van der Waals surface area contributed by atoms with E-state index in [1.54, 1.807) is 4.90 Å². The summed E-state index contributed by atoms with van der Waals surface area (Å²) in [7, 11) is 0. The number of hydrogen-bond acceptors (Lipinski definition) is 4. The molecule has 1 aliphatic rings. The predicted molar refractivity (Wildman–Crippen MR) is 93.5 cm³/mol. The Morgan fingerprint density at radius 1 is 1.12 bits per heavy atom. The molecular weight excluding hydrogens is 322 g/mol. The van der Waals surface area contributed by atoms with Gasteiger partial charge in [-0.3, -0.25) is 19.7 Å². The number of nitrogens with one attached hydrogen (secondary N) is 1. The molecule has 0 atom stereocenters. The Labute approximate surface area is 144 Å². The molecule has 2 aromatic rings. The van der Waals surface area contributed by atoms with Crippen molar-refractivity contribution < 1.29 is 14.5 Å². The molecule has 0 aliphatic carbocycles. The smallest absolute Gasteiger partial charge is 0.269 e. The van der Waals surface area contributed by atoms with E-state index in [-0.39, 0.29) is 23.9 Å². The van der Waals surface area contributed by atoms with Crippen LogP contribution in [-0.2, 0) is 16.0 Å². The first-order valence-electron chi connectivity index (χ1n) is 7.96. The second-order valence-corrected chi connectivity index (χ2v) is 5.84. The van der Waals surface area contributed by atoms with E-state index in [0.29, 0.717) is 12.1 Å². The first-order valence-corrected chi connectivity index (χ1v) is 7.96. The van der Waals surface area contributed by atoms with Crippen LogP contribution in [0.4, 0.5) is 17.1 Å². The highest BCUT2D eigenvalue weighted by atomic mass is 16.6. The normalized spacial score (nSPS) is 13.8. The molecule has 0 radical (unpaired) electrons. The van der Waals surface area contributed by atoms with E-state index in [4.69, 9.17) is 0 Å². The summed E-state index contributed by atoms with van der Waals surface area (Å²) in [6, 6.07) is 13.0. The van der Waals surface area contributed by atoms with Gasteiger partial charge in [0, 0.05) is 36.5 Å². The highest BCUT2D eigenvalue weighted by Crippen LogP contribution is 2.22. The fraction of sp³-hybridized carbons (Fsp3) is 0.222. The molecule has 7 nitrogen and oxygen atoms in total. The van der Waals surface area contributed by atoms with Crippen molar-refractivity contribution in [3.63, 3.8) is 0 Å². The second kappa shape index (κ2) is 7.12. The van der Waals surface area contributed by atoms with Gasteiger partial charge in [0.05, 0.1) is 11.3 Å². The summed E-state index contributed by atoms with van der Waals surface area (Å²) in [6.07, 6.45) is 1.64. The van der Waals surface area contributed by atoms with Crippen molar-refractivity contribution in [3.05, 3.63) is 64.2 Å². The quantitative estimate of drug-likeness (QED) is 0.669. The summed E-state index contributed by atoms with van der Waals surface area (Å²) in [4.78, 5) is 35.7. The van der Waals surface area contributed by atoms with Crippen LogP contribution in [0.15, 0.2) is 48.5 Å². The average Bonchev–Trinajstić information content (AvgIpc) is 3.02. The molecule has 1 N–H and O–H groups in total. The number of nitro groups is 1. The maximum absolute atomic E-state index is 12.1. The first kappa shape index (κ1) is 16.6. The first-order chi connectivity index (χ1) is 12.0. The third-order valence-electron chi connectivity index (χ3n) is 4.05. The molecule has 128 valence electrons. The number of amides is 2. The molecule has 0 bridgehead atoms. The lowest BCUT2D eigenvalue weighted by Gasteiger charge is -2.15. The number of non-ortho nitro benzene ring substituents is 1. The van der Waals surface area contributed by atoms with E-state index in [2.05, 4.69) is 5.32 Å². The molecule has 1 aliphatic heterocycles. The molecule has 25 heavy (non-hydrogen) atoms. The molecule has 0 spiro atoms. The number of nitrogens with zero attached hydrogens (tertiary/aromatic N) is 2. The van der Waals surface area contributed by atoms with Crippen molar-refractivity contribution in [2.24, 2.45) is 0 Å². The number of benzene rings is 2. The maximum Gasteiger partial charge on any atom is 0.269 e. The Hall–Kier alpha value is -3.22. The van der Waals surface area contributed by atoms with Crippen LogP contribution < -0.4 is 10.2 Å². The van der Waals surface area contributed by atoms with Gasteiger partial charge in [0.25, 0.3) is 5.69 Å². The zero-order valence-electron chi connectivity index (χ0n) is 13.5. The monoisotopic (exact) mass is 339 g/mol. The van der Waals surface area contributed by atoms with Gasteiger partial charge in [-0.15, -0.1) is 0 Å². The largest absolute Gasteiger partial charge is 0.326 e. The van der Waals surface area contributed by atoms with Crippen molar-refractivity contribution in [3.8, 4) is 0 Å². The van der Waals surface area contributed by atoms with Crippen LogP contribution in [0.1, 0.15) is 18.4 Å². The summed E-state index contributed by atoms with van der Waals surface area (Å²) < 4.78 is 0. The molecule has 7 heteroatoms. The number of hydrogen-bond donors (Lipinski definition) is 1. The lowest BCUT2D eigenvalue weighted by molar-refractivity contribution is -0.384. The predicted octanol–water partition coefficient (Wildman–Crippen LogP) is 2.90. The molecule has 2 amide bonds. The Balaban J connectivity index is 1.59. The maximum atomic E-state index is 12.1. The third-order valence-corrected chi connectivity index (χ3v) is 4.05. The number of rotatable bonds is 5. The van der Waals surface area contributed by atoms with Gasteiger partial charge in [0.1, 0.15) is 0 Å². The minimum atomic E-state index is -0.488. The van der Waals surface area contributed by atoms with E-state index in [1.807, 2.05) is 24.3 Å². The second-order valence-electron chi connectivity index (χ2n) is 5.84. The summed E-state index contributed by atoms with van der Waals surface area (Å²) in [5, 5.41) is 13.3. The zero-order valence-corrected chi connectivity index (χ0v) is 13.5. The zero-order chi connectivity index (χ0) is 17.8. The van der Waals surface area contributed by atoms with Crippen molar-refractivity contribution >= 4 is 28.9 Å². The minimum Gasteiger partial charge on any atom is -0.326 e. The van der Waals surface area contributed by atoms with E-state index < -0.39 is 4.92 Å². The van der Waals surface area contributed by atoms with Crippen LogP contribution >= 0.6 is 0 Å². The Morgan fingerprint density at radius 3 is 2.36 bits per heavy atom. The highest BCUT2D eigenvalue weighted by Gasteiger charge is 2.21. The standard InChI is InChI=1S/C18H17N3O4/c22-17(19-14-5-9-16(10-6-14)21(24)25)12-13-3-7-15(8-4-13)20-11-1-2-18(20)23/h3-10H,1-2,11-12H2,(H,19,22). The van der Waals surface area contributed by atoms with E-state index in [1.165, 1.54) is 24.3 Å². The van der Waals surface area contributed by atoms with Crippen LogP contribution in [0.25, 0.3) is 0 Å². The number of carbonyl (C=O) groups excluding carboxylic acids is 2. The summed E-state index contributed by atoms with van der Waals surface area (Å²) >= 11 is 0. The summed E-state index contributed by atoms with van der Waals surface area (Å²) in [5.74, 6) is -0.0810. The van der Waals surface area contributed by atoms with Crippen LogP contribution in [0.5, 0.6) is 0 Å². The van der Waals surface area contributed by atoms with Crippen LogP contribution in [0.3, 0.4) is 0 Å². The molecule has 1 saturated heterocycles. The van der Waals surface area contributed by atoms with Crippen LogP contribution in [-0.4, -0.2) is 23.3 Å². The molecule has 3 rings (SSSR count). The van der Waals surface area contributed by atoms with Gasteiger partial charge in [-0.2, -0.15) is 0 Å². The van der Waals surface area contributed by atoms with E-state index in [9.17, 15) is 19.7 Å². The van der Waals surface area contributed by atoms with Crippen LogP contribution in [0, 0.1) is 10.1 Å². The van der Waals surface area contributed by atoms with Crippen molar-refractivity contribution in [2.75, 3.05) is 16.8 Å². The fourth-order valence-corrected chi connectivity index (χ4v) is 2.77. The highest BCUT2D eigenvalue weighted by molar-refractivity contribution is 5.95. The van der Waals surface area contributed by atoms with Gasteiger partial charge >= 0.3 is 0 Å². The van der Waals surface area contributed by atoms with Gasteiger partial charge < -0.3 is 10.2 Å². The molecule has 1 fully saturated rings. The SMILES string of the molecule is O=C(Cc1ccc(N2CCCC2=O)cc1)Nc1ccc([N+](=O)[O-])cc1. The Morgan fingerprint density at radius 2 is 1.80 bits per heavy atom. The van der Waals surface area contributed by atoms with Gasteiger partial charge in [-0.05, 0) is 36.2 Å². The molecule has 0 saturated carbocycles. The lowest BCUT2D eigenvalue weighted by Crippen LogP contribution is -2.23. The average molecular weight is 339 g/mol. The number of anilines is 2. The number of carbonyl (C=O) groups is 2. The van der Waals surface area contributed by atoms with Crippen LogP contribution in [0.2, 0.25) is 0 Å². The van der Waals surface area contributed by atoms with Gasteiger partial charge in [-0.25, -0.2) is 0 Å². The molecule has 2 aromatic carbocycles. The lowest BCUT2D eigenvalue weighted by atomic mass is 10.1. The minimum absolute atomic E-state index is 0.0231. The Bertz CT molecular complexity index is 800. The van der Waals surface area contributed by atoms with Crippen molar-refractivity contribution in [1.82, 2.24) is 0 Å². The third kappa shape index (κ3) is 4.00. The molecule has 0 aromatic heterocycles. The Kier molecular flexibility index (Phi) is 4.74.